The lowest BCUT2D eigenvalue weighted by molar-refractivity contribution is -0.0261. The van der Waals surface area contributed by atoms with Gasteiger partial charge in [0.15, 0.2) is 0 Å². The third-order valence-corrected chi connectivity index (χ3v) is 10.3. The summed E-state index contributed by atoms with van der Waals surface area (Å²) in [5.74, 6) is 0.218. The molecule has 3 atom stereocenters. The van der Waals surface area contributed by atoms with Crippen LogP contribution < -0.4 is 5.73 Å². The molecule has 3 aromatic carbocycles. The number of hydrogen-bond acceptors (Lipinski definition) is 4. The summed E-state index contributed by atoms with van der Waals surface area (Å²) in [6, 6.07) is 23.0. The number of hydrogen-bond donors (Lipinski definition) is 1. The molecule has 2 aliphatic rings. The molecule has 0 spiro atoms. The van der Waals surface area contributed by atoms with E-state index in [2.05, 4.69) is 61.2 Å². The number of nitrogens with two attached hydrogens (primary N) is 1. The van der Waals surface area contributed by atoms with E-state index in [1.54, 1.807) is 10.4 Å². The van der Waals surface area contributed by atoms with E-state index in [4.69, 9.17) is 5.73 Å². The summed E-state index contributed by atoms with van der Waals surface area (Å²) < 4.78 is 29.1. The van der Waals surface area contributed by atoms with Crippen molar-refractivity contribution in [2.45, 2.75) is 56.5 Å². The van der Waals surface area contributed by atoms with Gasteiger partial charge >= 0.3 is 0 Å². The van der Waals surface area contributed by atoms with Crippen molar-refractivity contribution in [3.63, 3.8) is 0 Å². The highest BCUT2D eigenvalue weighted by Gasteiger charge is 2.50. The monoisotopic (exact) mass is 503 g/mol. The average molecular weight is 504 g/mol. The topological polar surface area (TPSA) is 66.6 Å². The van der Waals surface area contributed by atoms with Gasteiger partial charge in [-0.15, -0.1) is 0 Å². The molecular formula is C30H37N3O2S. The molecule has 0 radical (unpaired) electrons. The highest BCUT2D eigenvalue weighted by Crippen LogP contribution is 2.43. The van der Waals surface area contributed by atoms with Crippen molar-refractivity contribution >= 4 is 10.0 Å². The maximum absolute atomic E-state index is 13.7. The molecule has 2 aliphatic heterocycles. The summed E-state index contributed by atoms with van der Waals surface area (Å²) in [4.78, 5) is 2.87. The first-order valence-electron chi connectivity index (χ1n) is 13.0. The predicted molar refractivity (Wildman–Crippen MR) is 147 cm³/mol. The Labute approximate surface area is 216 Å². The zero-order valence-corrected chi connectivity index (χ0v) is 22.3. The molecule has 0 aromatic heterocycles. The van der Waals surface area contributed by atoms with Gasteiger partial charge < -0.3 is 5.73 Å². The fraction of sp³-hybridized carbons (Fsp3) is 0.400. The normalized spacial score (nSPS) is 23.4. The number of nitrogens with zero attached hydrogens (tertiary/aromatic N) is 2. The van der Waals surface area contributed by atoms with E-state index >= 15 is 0 Å². The van der Waals surface area contributed by atoms with Gasteiger partial charge in [0.05, 0.1) is 4.90 Å². The van der Waals surface area contributed by atoms with Crippen LogP contribution in [0.2, 0.25) is 0 Å². The Kier molecular flexibility index (Phi) is 7.05. The molecule has 190 valence electrons. The Hall–Kier alpha value is -2.51. The molecule has 0 saturated carbocycles. The van der Waals surface area contributed by atoms with Crippen LogP contribution in [0.5, 0.6) is 0 Å². The van der Waals surface area contributed by atoms with Gasteiger partial charge in [0, 0.05) is 37.6 Å². The van der Waals surface area contributed by atoms with Crippen LogP contribution in [0.1, 0.15) is 41.0 Å². The second-order valence-corrected chi connectivity index (χ2v) is 12.2. The van der Waals surface area contributed by atoms with Gasteiger partial charge in [0.25, 0.3) is 0 Å². The summed E-state index contributed by atoms with van der Waals surface area (Å²) in [7, 11) is -3.56. The van der Waals surface area contributed by atoms with Crippen LogP contribution in [0.3, 0.4) is 0 Å². The zero-order chi connectivity index (χ0) is 25.4. The Balaban J connectivity index is 1.44. The Morgan fingerprint density at radius 1 is 0.861 bits per heavy atom. The minimum absolute atomic E-state index is 0.129. The van der Waals surface area contributed by atoms with Gasteiger partial charge in [0.1, 0.15) is 0 Å². The Morgan fingerprint density at radius 2 is 1.56 bits per heavy atom. The average Bonchev–Trinajstić information content (AvgIpc) is 2.85. The first-order chi connectivity index (χ1) is 17.3. The van der Waals surface area contributed by atoms with E-state index < -0.39 is 10.0 Å². The number of benzene rings is 3. The quantitative estimate of drug-likeness (QED) is 0.540. The van der Waals surface area contributed by atoms with Crippen LogP contribution in [0.15, 0.2) is 71.6 Å². The highest BCUT2D eigenvalue weighted by molar-refractivity contribution is 7.89. The van der Waals surface area contributed by atoms with Gasteiger partial charge in [-0.05, 0) is 79.6 Å². The fourth-order valence-electron chi connectivity index (χ4n) is 6.12. The van der Waals surface area contributed by atoms with Crippen molar-refractivity contribution in [1.29, 1.82) is 0 Å². The van der Waals surface area contributed by atoms with Crippen LogP contribution in [0.4, 0.5) is 0 Å². The molecule has 6 heteroatoms. The number of aryl methyl sites for hydroxylation is 2. The van der Waals surface area contributed by atoms with Gasteiger partial charge in [0.2, 0.25) is 10.0 Å². The zero-order valence-electron chi connectivity index (χ0n) is 21.5. The van der Waals surface area contributed by atoms with Crippen molar-refractivity contribution < 1.29 is 8.42 Å². The van der Waals surface area contributed by atoms with Crippen LogP contribution in [0, 0.1) is 20.8 Å². The van der Waals surface area contributed by atoms with Crippen LogP contribution in [-0.4, -0.2) is 55.9 Å². The molecule has 5 nitrogen and oxygen atoms in total. The third-order valence-electron chi connectivity index (χ3n) is 8.31. The van der Waals surface area contributed by atoms with Crippen LogP contribution >= 0.6 is 0 Å². The Morgan fingerprint density at radius 3 is 2.28 bits per heavy atom. The fourth-order valence-corrected chi connectivity index (χ4v) is 7.85. The molecule has 2 N–H and O–H groups in total. The summed E-state index contributed by atoms with van der Waals surface area (Å²) in [5, 5.41) is 0. The van der Waals surface area contributed by atoms with Crippen molar-refractivity contribution in [3.8, 4) is 11.1 Å². The predicted octanol–water partition coefficient (Wildman–Crippen LogP) is 4.86. The van der Waals surface area contributed by atoms with Crippen molar-refractivity contribution in [1.82, 2.24) is 9.21 Å². The summed E-state index contributed by atoms with van der Waals surface area (Å²) >= 11 is 0. The van der Waals surface area contributed by atoms with Crippen molar-refractivity contribution in [2.24, 2.45) is 5.73 Å². The largest absolute Gasteiger partial charge is 0.329 e. The third kappa shape index (κ3) is 4.41. The first-order valence-corrected chi connectivity index (χ1v) is 14.4. The molecule has 1 unspecified atom stereocenters. The first kappa shape index (κ1) is 25.2. The van der Waals surface area contributed by atoms with Crippen LogP contribution in [0.25, 0.3) is 11.1 Å². The van der Waals surface area contributed by atoms with E-state index in [-0.39, 0.29) is 18.0 Å². The summed E-state index contributed by atoms with van der Waals surface area (Å²) in [5.41, 5.74) is 13.4. The van der Waals surface area contributed by atoms with Gasteiger partial charge in [-0.1, -0.05) is 60.7 Å². The van der Waals surface area contributed by atoms with Gasteiger partial charge in [-0.25, -0.2) is 8.42 Å². The lowest BCUT2D eigenvalue weighted by Gasteiger charge is -2.57. The molecule has 5 rings (SSSR count). The second-order valence-electron chi connectivity index (χ2n) is 10.3. The molecular weight excluding hydrogens is 466 g/mol. The van der Waals surface area contributed by atoms with E-state index in [0.717, 1.165) is 24.9 Å². The van der Waals surface area contributed by atoms with Crippen molar-refractivity contribution in [3.05, 3.63) is 89.0 Å². The number of rotatable bonds is 5. The SMILES string of the molecule is Cc1ccccc1S(=O)(=O)N1CCCCN2[C@H](CN)C(c3ccc(-c4cccc(C)c4C)cc3)[C@@H]2C1. The van der Waals surface area contributed by atoms with E-state index in [1.165, 1.54) is 27.8 Å². The highest BCUT2D eigenvalue weighted by atomic mass is 32.2. The van der Waals surface area contributed by atoms with Gasteiger partial charge in [-0.3, -0.25) is 4.90 Å². The lowest BCUT2D eigenvalue weighted by Crippen LogP contribution is -2.68. The van der Waals surface area contributed by atoms with E-state index in [1.807, 2.05) is 25.1 Å². The summed E-state index contributed by atoms with van der Waals surface area (Å²) in [6.07, 6.45) is 1.84. The molecule has 2 heterocycles. The minimum atomic E-state index is -3.56. The number of fused-ring (bicyclic) bond motifs is 1. The molecule has 0 bridgehead atoms. The maximum Gasteiger partial charge on any atom is 0.243 e. The molecule has 2 fully saturated rings. The molecule has 36 heavy (non-hydrogen) atoms. The van der Waals surface area contributed by atoms with E-state index in [0.29, 0.717) is 24.5 Å². The van der Waals surface area contributed by atoms with E-state index in [9.17, 15) is 8.42 Å². The molecule has 0 aliphatic carbocycles. The smallest absolute Gasteiger partial charge is 0.243 e. The lowest BCUT2D eigenvalue weighted by atomic mass is 9.74. The molecule has 0 amide bonds. The minimum Gasteiger partial charge on any atom is -0.329 e. The number of sulfonamides is 1. The standard InChI is InChI=1S/C30H37N3O2S/c1-21-10-8-11-26(23(21)3)24-13-15-25(16-14-24)30-27(19-31)33-18-7-6-17-32(20-28(30)33)36(34,35)29-12-5-4-9-22(29)2/h4-5,8-16,27-28,30H,6-7,17-20,31H2,1-3H3/t27-,28+,30?/m1/s1. The molecule has 3 aromatic rings. The van der Waals surface area contributed by atoms with Crippen LogP contribution in [-0.2, 0) is 10.0 Å². The van der Waals surface area contributed by atoms with Crippen molar-refractivity contribution in [2.75, 3.05) is 26.2 Å². The summed E-state index contributed by atoms with van der Waals surface area (Å²) in [6.45, 7) is 8.80. The Bertz CT molecular complexity index is 1340. The van der Waals surface area contributed by atoms with Gasteiger partial charge in [-0.2, -0.15) is 4.31 Å². The molecule has 2 saturated heterocycles. The second kappa shape index (κ2) is 10.1. The maximum atomic E-state index is 13.7.